The molecule has 0 spiro atoms. The van der Waals surface area contributed by atoms with Crippen LogP contribution in [0.4, 0.5) is 4.39 Å². The van der Waals surface area contributed by atoms with Crippen molar-refractivity contribution in [2.75, 3.05) is 13.1 Å². The molecule has 8 heteroatoms. The summed E-state index contributed by atoms with van der Waals surface area (Å²) in [5, 5.41) is 9.84. The van der Waals surface area contributed by atoms with Gasteiger partial charge in [0, 0.05) is 18.7 Å². The van der Waals surface area contributed by atoms with Crippen LogP contribution in [0.25, 0.3) is 0 Å². The lowest BCUT2D eigenvalue weighted by molar-refractivity contribution is 0.0605. The topological polar surface area (TPSA) is 83.6 Å². The predicted molar refractivity (Wildman–Crippen MR) is 80.8 cm³/mol. The zero-order chi connectivity index (χ0) is 15.8. The molecule has 2 rings (SSSR count). The summed E-state index contributed by atoms with van der Waals surface area (Å²) >= 11 is 4.71. The third-order valence-corrected chi connectivity index (χ3v) is 5.80. The third kappa shape index (κ3) is 3.23. The SMILES string of the molecule is CC1CCN(S(=O)(=O)c2ccc(F)c(C(N)=S)c2)CC1O. The van der Waals surface area contributed by atoms with Crippen LogP contribution in [-0.2, 0) is 10.0 Å². The molecular formula is C13H17FN2O3S2. The Kier molecular flexibility index (Phi) is 4.62. The molecule has 1 saturated heterocycles. The number of aliphatic hydroxyl groups is 1. The van der Waals surface area contributed by atoms with Crippen LogP contribution in [0.1, 0.15) is 18.9 Å². The Balaban J connectivity index is 2.36. The van der Waals surface area contributed by atoms with Gasteiger partial charge in [0.15, 0.2) is 0 Å². The Labute approximate surface area is 128 Å². The molecule has 2 atom stereocenters. The maximum Gasteiger partial charge on any atom is 0.243 e. The lowest BCUT2D eigenvalue weighted by Crippen LogP contribution is -2.45. The molecule has 1 heterocycles. The van der Waals surface area contributed by atoms with Gasteiger partial charge in [-0.2, -0.15) is 4.31 Å². The number of sulfonamides is 1. The van der Waals surface area contributed by atoms with Gasteiger partial charge < -0.3 is 10.8 Å². The van der Waals surface area contributed by atoms with Gasteiger partial charge in [-0.05, 0) is 30.5 Å². The lowest BCUT2D eigenvalue weighted by Gasteiger charge is -2.33. The average molecular weight is 332 g/mol. The van der Waals surface area contributed by atoms with Crippen molar-refractivity contribution in [1.82, 2.24) is 4.31 Å². The quantitative estimate of drug-likeness (QED) is 0.802. The van der Waals surface area contributed by atoms with Gasteiger partial charge in [0.1, 0.15) is 10.8 Å². The van der Waals surface area contributed by atoms with Crippen molar-refractivity contribution >= 4 is 27.2 Å². The fourth-order valence-electron chi connectivity index (χ4n) is 2.24. The van der Waals surface area contributed by atoms with E-state index in [9.17, 15) is 17.9 Å². The molecule has 1 fully saturated rings. The van der Waals surface area contributed by atoms with E-state index < -0.39 is 21.9 Å². The highest BCUT2D eigenvalue weighted by molar-refractivity contribution is 7.89. The average Bonchev–Trinajstić information content (AvgIpc) is 2.41. The van der Waals surface area contributed by atoms with E-state index in [4.69, 9.17) is 18.0 Å². The first-order valence-corrected chi connectivity index (χ1v) is 8.36. The summed E-state index contributed by atoms with van der Waals surface area (Å²) in [5.74, 6) is -0.606. The zero-order valence-electron chi connectivity index (χ0n) is 11.5. The van der Waals surface area contributed by atoms with E-state index in [1.807, 2.05) is 6.92 Å². The second-order valence-electron chi connectivity index (χ2n) is 5.20. The van der Waals surface area contributed by atoms with Gasteiger partial charge in [0.25, 0.3) is 0 Å². The highest BCUT2D eigenvalue weighted by Crippen LogP contribution is 2.25. The number of β-amino-alcohol motifs (C(OH)–C–C–N with tert-alkyl or cyclic N) is 1. The standard InChI is InChI=1S/C13H17FN2O3S2/c1-8-4-5-16(7-12(8)17)21(18,19)9-2-3-11(14)10(6-9)13(15)20/h2-3,6,8,12,17H,4-5,7H2,1H3,(H2,15,20). The number of nitrogens with zero attached hydrogens (tertiary/aromatic N) is 1. The minimum Gasteiger partial charge on any atom is -0.391 e. The molecule has 5 nitrogen and oxygen atoms in total. The fraction of sp³-hybridized carbons (Fsp3) is 0.462. The second kappa shape index (κ2) is 5.96. The van der Waals surface area contributed by atoms with Crippen molar-refractivity contribution in [1.29, 1.82) is 0 Å². The Morgan fingerprint density at radius 1 is 1.52 bits per heavy atom. The molecule has 2 unspecified atom stereocenters. The van der Waals surface area contributed by atoms with E-state index in [1.54, 1.807) is 0 Å². The van der Waals surface area contributed by atoms with Crippen LogP contribution in [0, 0.1) is 11.7 Å². The highest BCUT2D eigenvalue weighted by atomic mass is 32.2. The number of aliphatic hydroxyl groups excluding tert-OH is 1. The Bertz CT molecular complexity index is 663. The summed E-state index contributed by atoms with van der Waals surface area (Å²) < 4.78 is 39.8. The van der Waals surface area contributed by atoms with Crippen molar-refractivity contribution < 1.29 is 17.9 Å². The van der Waals surface area contributed by atoms with Crippen molar-refractivity contribution in [3.8, 4) is 0 Å². The van der Waals surface area contributed by atoms with Crippen LogP contribution in [0.15, 0.2) is 23.1 Å². The minimum atomic E-state index is -3.80. The first-order valence-electron chi connectivity index (χ1n) is 6.51. The van der Waals surface area contributed by atoms with Crippen molar-refractivity contribution in [2.45, 2.75) is 24.3 Å². The normalized spacial score (nSPS) is 24.0. The number of halogens is 1. The van der Waals surface area contributed by atoms with E-state index in [2.05, 4.69) is 0 Å². The van der Waals surface area contributed by atoms with Crippen molar-refractivity contribution in [3.63, 3.8) is 0 Å². The van der Waals surface area contributed by atoms with Gasteiger partial charge in [0.05, 0.1) is 11.0 Å². The number of nitrogens with two attached hydrogens (primary N) is 1. The monoisotopic (exact) mass is 332 g/mol. The summed E-state index contributed by atoms with van der Waals surface area (Å²) in [5.41, 5.74) is 5.29. The Morgan fingerprint density at radius 3 is 2.76 bits per heavy atom. The summed E-state index contributed by atoms with van der Waals surface area (Å²) in [6.45, 7) is 2.22. The smallest absolute Gasteiger partial charge is 0.243 e. The molecule has 3 N–H and O–H groups in total. The molecule has 0 aliphatic carbocycles. The third-order valence-electron chi connectivity index (χ3n) is 3.72. The summed E-state index contributed by atoms with van der Waals surface area (Å²) in [7, 11) is -3.80. The molecule has 1 aliphatic rings. The van der Waals surface area contributed by atoms with Crippen molar-refractivity contribution in [3.05, 3.63) is 29.6 Å². The lowest BCUT2D eigenvalue weighted by atomic mass is 9.98. The van der Waals surface area contributed by atoms with Crippen LogP contribution >= 0.6 is 12.2 Å². The number of hydrogen-bond donors (Lipinski definition) is 2. The first-order chi connectivity index (χ1) is 9.73. The minimum absolute atomic E-state index is 0.0310. The van der Waals surface area contributed by atoms with Crippen LogP contribution < -0.4 is 5.73 Å². The van der Waals surface area contributed by atoms with Gasteiger partial charge in [-0.3, -0.25) is 0 Å². The number of hydrogen-bond acceptors (Lipinski definition) is 4. The molecule has 0 saturated carbocycles. The van der Waals surface area contributed by atoms with E-state index >= 15 is 0 Å². The maximum atomic E-state index is 13.5. The Hall–Kier alpha value is -1.09. The molecule has 0 radical (unpaired) electrons. The van der Waals surface area contributed by atoms with Gasteiger partial charge >= 0.3 is 0 Å². The van der Waals surface area contributed by atoms with Crippen molar-refractivity contribution in [2.24, 2.45) is 11.7 Å². The summed E-state index contributed by atoms with van der Waals surface area (Å²) in [6, 6.07) is 3.35. The number of piperidine rings is 1. The molecule has 1 aromatic rings. The van der Waals surface area contributed by atoms with E-state index in [1.165, 1.54) is 10.4 Å². The summed E-state index contributed by atoms with van der Waals surface area (Å²) in [4.78, 5) is -0.273. The number of benzene rings is 1. The summed E-state index contributed by atoms with van der Waals surface area (Å²) in [6.07, 6.45) is -0.131. The fourth-order valence-corrected chi connectivity index (χ4v) is 3.90. The second-order valence-corrected chi connectivity index (χ2v) is 7.58. The van der Waals surface area contributed by atoms with Gasteiger partial charge in [-0.15, -0.1) is 0 Å². The Morgan fingerprint density at radius 2 is 2.19 bits per heavy atom. The molecule has 1 aromatic carbocycles. The number of rotatable bonds is 3. The van der Waals surface area contributed by atoms with Crippen LogP contribution in [0.5, 0.6) is 0 Å². The van der Waals surface area contributed by atoms with Gasteiger partial charge in [-0.25, -0.2) is 12.8 Å². The van der Waals surface area contributed by atoms with Gasteiger partial charge in [-0.1, -0.05) is 19.1 Å². The highest BCUT2D eigenvalue weighted by Gasteiger charge is 2.33. The predicted octanol–water partition coefficient (Wildman–Crippen LogP) is 0.851. The molecule has 1 aliphatic heterocycles. The van der Waals surface area contributed by atoms with Crippen LogP contribution in [0.2, 0.25) is 0 Å². The molecule has 0 amide bonds. The molecule has 0 bridgehead atoms. The maximum absolute atomic E-state index is 13.5. The molecule has 116 valence electrons. The zero-order valence-corrected chi connectivity index (χ0v) is 13.1. The van der Waals surface area contributed by atoms with E-state index in [0.717, 1.165) is 12.1 Å². The molecule has 0 aromatic heterocycles. The molecular weight excluding hydrogens is 315 g/mol. The van der Waals surface area contributed by atoms with E-state index in [-0.39, 0.29) is 27.9 Å². The van der Waals surface area contributed by atoms with E-state index in [0.29, 0.717) is 13.0 Å². The first kappa shape index (κ1) is 16.3. The number of thiocarbonyl (C=S) groups is 1. The van der Waals surface area contributed by atoms with Crippen LogP contribution in [-0.4, -0.2) is 42.0 Å². The molecule has 21 heavy (non-hydrogen) atoms. The van der Waals surface area contributed by atoms with Gasteiger partial charge in [0.2, 0.25) is 10.0 Å². The van der Waals surface area contributed by atoms with Crippen LogP contribution in [0.3, 0.4) is 0 Å². The largest absolute Gasteiger partial charge is 0.391 e.